The Kier molecular flexibility index (Phi) is 17.9. The van der Waals surface area contributed by atoms with Crippen LogP contribution >= 0.6 is 0 Å². The van der Waals surface area contributed by atoms with E-state index in [1.807, 2.05) is 0 Å². The van der Waals surface area contributed by atoms with Gasteiger partial charge in [-0.25, -0.2) is 0 Å². The summed E-state index contributed by atoms with van der Waals surface area (Å²) in [5, 5.41) is 0. The predicted octanol–water partition coefficient (Wildman–Crippen LogP) is 4.08. The minimum atomic E-state index is 0. The molecule has 0 heterocycles. The van der Waals surface area contributed by atoms with Gasteiger partial charge in [0.2, 0.25) is 0 Å². The second kappa shape index (κ2) is 10.1. The van der Waals surface area contributed by atoms with Crippen LogP contribution in [0.4, 0.5) is 0 Å². The molecule has 0 fully saturated rings. The molecule has 1 rings (SSSR count). The topological polar surface area (TPSA) is 0 Å². The summed E-state index contributed by atoms with van der Waals surface area (Å²) in [6, 6.07) is 0. The van der Waals surface area contributed by atoms with Gasteiger partial charge in [-0.3, -0.25) is 0 Å². The van der Waals surface area contributed by atoms with Crippen molar-refractivity contribution in [3.8, 4) is 0 Å². The molecule has 13 heavy (non-hydrogen) atoms. The summed E-state index contributed by atoms with van der Waals surface area (Å²) in [7, 11) is 0. The molecule has 1 unspecified atom stereocenters. The van der Waals surface area contributed by atoms with Crippen LogP contribution in [0.5, 0.6) is 0 Å². The van der Waals surface area contributed by atoms with Crippen molar-refractivity contribution in [2.75, 3.05) is 0 Å². The molecule has 0 aliphatic heterocycles. The van der Waals surface area contributed by atoms with Gasteiger partial charge in [0.25, 0.3) is 0 Å². The normalized spacial score (nSPS) is 18.2. The van der Waals surface area contributed by atoms with Crippen LogP contribution in [0.25, 0.3) is 0 Å². The summed E-state index contributed by atoms with van der Waals surface area (Å²) >= 11 is 0. The van der Waals surface area contributed by atoms with Gasteiger partial charge in [0.05, 0.1) is 0 Å². The van der Waals surface area contributed by atoms with Gasteiger partial charge in [-0.15, -0.1) is 0 Å². The van der Waals surface area contributed by atoms with Gasteiger partial charge in [0.15, 0.2) is 0 Å². The van der Waals surface area contributed by atoms with Crippen LogP contribution in [0.1, 0.15) is 20.8 Å². The molecule has 1 atom stereocenters. The zero-order chi connectivity index (χ0) is 6.85. The Hall–Kier alpha value is -0.0266. The maximum Gasteiger partial charge on any atom is 0 e. The summed E-state index contributed by atoms with van der Waals surface area (Å²) in [6.45, 7) is 6.53. The number of rotatable bonds is 0. The molecule has 1 heteroatoms. The molecule has 0 amide bonds. The van der Waals surface area contributed by atoms with Gasteiger partial charge in [-0.1, -0.05) is 26.7 Å². The van der Waals surface area contributed by atoms with Crippen LogP contribution in [0.15, 0.2) is 23.3 Å². The Labute approximate surface area is 98.3 Å². The third-order valence-electron chi connectivity index (χ3n) is 1.84. The largest absolute Gasteiger partial charge is 0.358 e. The average Bonchev–Trinajstić information content (AvgIpc) is 1.80. The van der Waals surface area contributed by atoms with Crippen molar-refractivity contribution in [1.82, 2.24) is 0 Å². The van der Waals surface area contributed by atoms with E-state index < -0.39 is 0 Å². The molecule has 0 saturated heterocycles. The van der Waals surface area contributed by atoms with Crippen LogP contribution < -0.4 is 0 Å². The van der Waals surface area contributed by atoms with E-state index in [0.29, 0.717) is 5.92 Å². The van der Waals surface area contributed by atoms with Crippen molar-refractivity contribution in [3.63, 3.8) is 0 Å². The predicted molar refractivity (Wildman–Crippen MR) is 60.2 cm³/mol. The fourth-order valence-electron chi connectivity index (χ4n) is 0.996. The van der Waals surface area contributed by atoms with Crippen LogP contribution in [0.3, 0.4) is 0 Å². The number of hydrogen-bond acceptors (Lipinski definition) is 0. The Bertz CT molecular complexity index is 166. The second-order valence-electron chi connectivity index (χ2n) is 2.78. The molecule has 0 aromatic heterocycles. The Balaban J connectivity index is -0.000000101. The van der Waals surface area contributed by atoms with Gasteiger partial charge in [0, 0.05) is 19.5 Å². The molecule has 0 N–H and O–H groups in total. The van der Waals surface area contributed by atoms with Crippen LogP contribution in [0, 0.1) is 34.6 Å². The molecular weight excluding hydrogens is 247 g/mol. The van der Waals surface area contributed by atoms with E-state index in [2.05, 4.69) is 39.3 Å². The minimum Gasteiger partial charge on any atom is -0.358 e. The van der Waals surface area contributed by atoms with Gasteiger partial charge in [-0.05, 0) is 0 Å². The quantitative estimate of drug-likeness (QED) is 0.459. The van der Waals surface area contributed by atoms with E-state index in [0.717, 1.165) is 0 Å². The molecule has 1 aliphatic rings. The van der Waals surface area contributed by atoms with E-state index in [-0.39, 0.29) is 41.8 Å². The Morgan fingerprint density at radius 3 is 1.92 bits per heavy atom. The Morgan fingerprint density at radius 1 is 1.15 bits per heavy atom. The maximum atomic E-state index is 2.29. The SMILES string of the molecule is CC1=CC(C)C(C)=C[CH-]1.[CH3-].[CH3-].[CH3-].[Rh]. The molecule has 0 aromatic rings. The van der Waals surface area contributed by atoms with E-state index >= 15 is 0 Å². The smallest absolute Gasteiger partial charge is 0 e. The van der Waals surface area contributed by atoms with Crippen molar-refractivity contribution in [1.29, 1.82) is 0 Å². The van der Waals surface area contributed by atoms with Crippen LogP contribution in [-0.2, 0) is 19.5 Å². The standard InChI is InChI=1S/C9H13.3CH3.Rh/c1-7-4-5-8(2)9(3)6-7;;;;/h4-6,9H,1-3H3;3*1H3;/q4*-1;. The van der Waals surface area contributed by atoms with Crippen molar-refractivity contribution in [2.24, 2.45) is 5.92 Å². The summed E-state index contributed by atoms with van der Waals surface area (Å²) in [6.07, 6.45) is 6.64. The maximum absolute atomic E-state index is 2.29. The first-order valence-corrected chi connectivity index (χ1v) is 3.40. The summed E-state index contributed by atoms with van der Waals surface area (Å²) in [4.78, 5) is 0. The summed E-state index contributed by atoms with van der Waals surface area (Å²) < 4.78 is 0. The second-order valence-corrected chi connectivity index (χ2v) is 2.78. The molecule has 0 spiro atoms. The summed E-state index contributed by atoms with van der Waals surface area (Å²) in [5.74, 6) is 0.648. The average molecular weight is 269 g/mol. The molecule has 0 saturated carbocycles. The monoisotopic (exact) mass is 269 g/mol. The number of hydrogen-bond donors (Lipinski definition) is 0. The molecule has 83 valence electrons. The molecular formula is C12H22Rh-4. The molecule has 1 radical (unpaired) electrons. The van der Waals surface area contributed by atoms with Crippen molar-refractivity contribution >= 4 is 0 Å². The third kappa shape index (κ3) is 7.08. The Morgan fingerprint density at radius 2 is 1.62 bits per heavy atom. The first-order valence-electron chi connectivity index (χ1n) is 3.40. The van der Waals surface area contributed by atoms with Crippen molar-refractivity contribution in [3.05, 3.63) is 52.0 Å². The van der Waals surface area contributed by atoms with E-state index in [1.165, 1.54) is 11.1 Å². The van der Waals surface area contributed by atoms with Crippen molar-refractivity contribution < 1.29 is 19.5 Å². The molecule has 0 aromatic carbocycles. The number of allylic oxidation sites excluding steroid dienone is 4. The fourth-order valence-corrected chi connectivity index (χ4v) is 0.996. The van der Waals surface area contributed by atoms with Crippen LogP contribution in [-0.4, -0.2) is 0 Å². The summed E-state index contributed by atoms with van der Waals surface area (Å²) in [5.41, 5.74) is 2.84. The molecule has 0 nitrogen and oxygen atoms in total. The first kappa shape index (κ1) is 23.1. The van der Waals surface area contributed by atoms with Crippen molar-refractivity contribution in [2.45, 2.75) is 20.8 Å². The first-order chi connectivity index (χ1) is 4.20. The van der Waals surface area contributed by atoms with Gasteiger partial charge >= 0.3 is 0 Å². The molecule has 1 aliphatic carbocycles. The minimum absolute atomic E-state index is 0. The van der Waals surface area contributed by atoms with Gasteiger partial charge in [0.1, 0.15) is 0 Å². The van der Waals surface area contributed by atoms with Gasteiger partial charge in [-0.2, -0.15) is 29.7 Å². The van der Waals surface area contributed by atoms with E-state index in [1.54, 1.807) is 0 Å². The molecule has 0 bridgehead atoms. The van der Waals surface area contributed by atoms with E-state index in [9.17, 15) is 0 Å². The van der Waals surface area contributed by atoms with Gasteiger partial charge < -0.3 is 22.3 Å². The van der Waals surface area contributed by atoms with E-state index in [4.69, 9.17) is 0 Å². The zero-order valence-electron chi connectivity index (χ0n) is 9.64. The fraction of sp³-hybridized carbons (Fsp3) is 0.333. The third-order valence-corrected chi connectivity index (χ3v) is 1.84. The zero-order valence-corrected chi connectivity index (χ0v) is 11.3. The van der Waals surface area contributed by atoms with Crippen LogP contribution in [0.2, 0.25) is 0 Å².